The van der Waals surface area contributed by atoms with Gasteiger partial charge in [-0.1, -0.05) is 0 Å². The molecule has 0 aromatic carbocycles. The molecular formula is C12H26N2O4. The van der Waals surface area contributed by atoms with Crippen LogP contribution in [0.3, 0.4) is 0 Å². The summed E-state index contributed by atoms with van der Waals surface area (Å²) < 4.78 is 10.3. The van der Waals surface area contributed by atoms with Gasteiger partial charge in [0.25, 0.3) is 0 Å². The average Bonchev–Trinajstić information content (AvgIpc) is 2.34. The van der Waals surface area contributed by atoms with Crippen LogP contribution >= 0.6 is 0 Å². The summed E-state index contributed by atoms with van der Waals surface area (Å²) in [6.45, 7) is 5.92. The van der Waals surface area contributed by atoms with E-state index in [4.69, 9.17) is 9.47 Å². The molecule has 0 saturated carbocycles. The number of hydrogen-bond donors (Lipinski definition) is 2. The Hall–Kier alpha value is -0.690. The summed E-state index contributed by atoms with van der Waals surface area (Å²) in [5.74, 6) is -0.0144. The largest absolute Gasteiger partial charge is 0.389 e. The van der Waals surface area contributed by atoms with Gasteiger partial charge in [-0.2, -0.15) is 0 Å². The number of carbonyl (C=O) groups is 1. The molecule has 2 unspecified atom stereocenters. The topological polar surface area (TPSA) is 71.0 Å². The fourth-order valence-electron chi connectivity index (χ4n) is 1.33. The van der Waals surface area contributed by atoms with Crippen LogP contribution in [0.1, 0.15) is 13.8 Å². The highest BCUT2D eigenvalue weighted by Gasteiger charge is 2.15. The minimum atomic E-state index is -0.621. The number of ether oxygens (including phenoxy) is 2. The van der Waals surface area contributed by atoms with E-state index in [1.165, 1.54) is 4.90 Å². The summed E-state index contributed by atoms with van der Waals surface area (Å²) in [5.41, 5.74) is 0. The molecule has 6 heteroatoms. The van der Waals surface area contributed by atoms with Crippen molar-refractivity contribution in [3.8, 4) is 0 Å². The molecule has 0 fully saturated rings. The lowest BCUT2D eigenvalue weighted by molar-refractivity contribution is -0.130. The van der Waals surface area contributed by atoms with E-state index in [1.54, 1.807) is 21.0 Å². The van der Waals surface area contributed by atoms with Gasteiger partial charge in [0.1, 0.15) is 0 Å². The summed E-state index contributed by atoms with van der Waals surface area (Å²) in [5, 5.41) is 12.6. The second kappa shape index (κ2) is 10.3. The van der Waals surface area contributed by atoms with E-state index < -0.39 is 6.10 Å². The van der Waals surface area contributed by atoms with E-state index in [9.17, 15) is 9.90 Å². The fraction of sp³-hybridized carbons (Fsp3) is 0.917. The average molecular weight is 262 g/mol. The molecule has 0 heterocycles. The highest BCUT2D eigenvalue weighted by molar-refractivity contribution is 5.80. The summed E-state index contributed by atoms with van der Waals surface area (Å²) >= 11 is 0. The van der Waals surface area contributed by atoms with E-state index in [-0.39, 0.29) is 18.6 Å². The first kappa shape index (κ1) is 17.3. The second-order valence-electron chi connectivity index (χ2n) is 4.29. The Morgan fingerprint density at radius 1 is 1.33 bits per heavy atom. The van der Waals surface area contributed by atoms with Gasteiger partial charge in [-0.05, 0) is 13.8 Å². The van der Waals surface area contributed by atoms with E-state index in [0.29, 0.717) is 26.4 Å². The first-order valence-corrected chi connectivity index (χ1v) is 6.27. The molecule has 108 valence electrons. The molecular weight excluding hydrogens is 236 g/mol. The van der Waals surface area contributed by atoms with Crippen molar-refractivity contribution in [2.24, 2.45) is 0 Å². The van der Waals surface area contributed by atoms with E-state index in [2.05, 4.69) is 5.32 Å². The molecule has 2 atom stereocenters. The molecule has 0 aromatic rings. The lowest BCUT2D eigenvalue weighted by Gasteiger charge is -2.19. The second-order valence-corrected chi connectivity index (χ2v) is 4.29. The molecule has 0 rings (SSSR count). The molecule has 2 N–H and O–H groups in total. The van der Waals surface area contributed by atoms with Gasteiger partial charge >= 0.3 is 0 Å². The number of carbonyl (C=O) groups excluding carboxylic acids is 1. The van der Waals surface area contributed by atoms with Gasteiger partial charge in [0.15, 0.2) is 0 Å². The van der Waals surface area contributed by atoms with Gasteiger partial charge in [-0.25, -0.2) is 0 Å². The van der Waals surface area contributed by atoms with Crippen LogP contribution in [0.4, 0.5) is 0 Å². The third-order valence-electron chi connectivity index (χ3n) is 2.36. The molecule has 0 aromatic heterocycles. The van der Waals surface area contributed by atoms with Crippen LogP contribution < -0.4 is 5.32 Å². The van der Waals surface area contributed by atoms with Crippen LogP contribution in [-0.2, 0) is 14.3 Å². The number of aliphatic hydroxyl groups excluding tert-OH is 1. The minimum Gasteiger partial charge on any atom is -0.389 e. The first-order chi connectivity index (χ1) is 8.49. The fourth-order valence-corrected chi connectivity index (χ4v) is 1.33. The van der Waals surface area contributed by atoms with Gasteiger partial charge < -0.3 is 24.8 Å². The summed E-state index contributed by atoms with van der Waals surface area (Å²) in [7, 11) is 3.40. The Bertz CT molecular complexity index is 224. The third kappa shape index (κ3) is 8.41. The van der Waals surface area contributed by atoms with Crippen molar-refractivity contribution in [3.05, 3.63) is 0 Å². The number of nitrogens with one attached hydrogen (secondary N) is 1. The number of amides is 1. The van der Waals surface area contributed by atoms with Crippen molar-refractivity contribution >= 4 is 5.91 Å². The predicted molar refractivity (Wildman–Crippen MR) is 69.5 cm³/mol. The maximum atomic E-state index is 11.5. The molecule has 0 bridgehead atoms. The Morgan fingerprint density at radius 2 is 1.94 bits per heavy atom. The molecule has 6 nitrogen and oxygen atoms in total. The van der Waals surface area contributed by atoms with Crippen molar-refractivity contribution < 1.29 is 19.4 Å². The van der Waals surface area contributed by atoms with Crippen molar-refractivity contribution in [3.63, 3.8) is 0 Å². The quantitative estimate of drug-likeness (QED) is 0.518. The minimum absolute atomic E-state index is 0.0144. The maximum Gasteiger partial charge on any atom is 0.238 e. The summed E-state index contributed by atoms with van der Waals surface area (Å²) in [4.78, 5) is 13.0. The lowest BCUT2D eigenvalue weighted by atomic mass is 10.2. The lowest BCUT2D eigenvalue weighted by Crippen LogP contribution is -2.45. The highest BCUT2D eigenvalue weighted by Crippen LogP contribution is 1.91. The summed E-state index contributed by atoms with van der Waals surface area (Å²) in [6.07, 6.45) is -0.621. The Morgan fingerprint density at radius 3 is 2.50 bits per heavy atom. The van der Waals surface area contributed by atoms with Crippen LogP contribution in [0.15, 0.2) is 0 Å². The van der Waals surface area contributed by atoms with E-state index in [0.717, 1.165) is 0 Å². The van der Waals surface area contributed by atoms with Gasteiger partial charge in [0, 0.05) is 27.2 Å². The number of nitrogens with zero attached hydrogens (tertiary/aromatic N) is 1. The zero-order chi connectivity index (χ0) is 14.0. The Balaban J connectivity index is 3.57. The Labute approximate surface area is 109 Å². The van der Waals surface area contributed by atoms with Gasteiger partial charge in [-0.3, -0.25) is 4.79 Å². The van der Waals surface area contributed by atoms with Crippen LogP contribution in [0.25, 0.3) is 0 Å². The smallest absolute Gasteiger partial charge is 0.238 e. The zero-order valence-corrected chi connectivity index (χ0v) is 11.8. The third-order valence-corrected chi connectivity index (χ3v) is 2.36. The number of rotatable bonds is 10. The van der Waals surface area contributed by atoms with E-state index in [1.807, 2.05) is 6.92 Å². The van der Waals surface area contributed by atoms with Gasteiger partial charge in [-0.15, -0.1) is 0 Å². The van der Waals surface area contributed by atoms with Gasteiger partial charge in [0.2, 0.25) is 5.91 Å². The van der Waals surface area contributed by atoms with Crippen LogP contribution in [0, 0.1) is 0 Å². The van der Waals surface area contributed by atoms with Crippen molar-refractivity contribution in [1.29, 1.82) is 0 Å². The van der Waals surface area contributed by atoms with Crippen molar-refractivity contribution in [2.75, 3.05) is 47.1 Å². The molecule has 0 aliphatic heterocycles. The maximum absolute atomic E-state index is 11.5. The molecule has 0 spiro atoms. The number of likely N-dealkylation sites (N-methyl/N-ethyl adjacent to an activating group) is 1. The van der Waals surface area contributed by atoms with Gasteiger partial charge in [0.05, 0.1) is 32.0 Å². The molecule has 1 amide bonds. The standard InChI is InChI=1S/C12H26N2O4/c1-5-17-6-7-18-9-11(15)8-13-10(2)12(16)14(3)4/h10-11,13,15H,5-9H2,1-4H3. The molecule has 18 heavy (non-hydrogen) atoms. The Kier molecular flexibility index (Phi) is 9.86. The zero-order valence-electron chi connectivity index (χ0n) is 11.8. The van der Waals surface area contributed by atoms with Crippen molar-refractivity contribution in [2.45, 2.75) is 26.0 Å². The molecule has 0 radical (unpaired) electrons. The SMILES string of the molecule is CCOCCOCC(O)CNC(C)C(=O)N(C)C. The van der Waals surface area contributed by atoms with Crippen LogP contribution in [0.2, 0.25) is 0 Å². The number of hydrogen-bond acceptors (Lipinski definition) is 5. The predicted octanol–water partition coefficient (Wildman–Crippen LogP) is -0.533. The molecule has 0 saturated heterocycles. The van der Waals surface area contributed by atoms with Crippen LogP contribution in [0.5, 0.6) is 0 Å². The first-order valence-electron chi connectivity index (χ1n) is 6.27. The van der Waals surface area contributed by atoms with Crippen molar-refractivity contribution in [1.82, 2.24) is 10.2 Å². The molecule has 0 aliphatic rings. The summed E-state index contributed by atoms with van der Waals surface area (Å²) in [6, 6.07) is -0.307. The number of aliphatic hydroxyl groups is 1. The monoisotopic (exact) mass is 262 g/mol. The van der Waals surface area contributed by atoms with E-state index >= 15 is 0 Å². The molecule has 0 aliphatic carbocycles. The van der Waals surface area contributed by atoms with Crippen LogP contribution in [-0.4, -0.2) is 75.1 Å². The highest BCUT2D eigenvalue weighted by atomic mass is 16.5. The normalized spacial score (nSPS) is 14.3.